The molecule has 1 aromatic carbocycles. The maximum Gasteiger partial charge on any atom is 0.274 e. The van der Waals surface area contributed by atoms with E-state index in [1.165, 1.54) is 12.3 Å². The number of carbonyl (C=O) groups excluding carboxylic acids is 1. The first kappa shape index (κ1) is 18.6. The summed E-state index contributed by atoms with van der Waals surface area (Å²) in [6, 6.07) is 6.87. The molecule has 3 rings (SSSR count). The molecule has 0 aliphatic carbocycles. The molecule has 2 aromatic rings. The first-order valence-corrected chi connectivity index (χ1v) is 10.1. The van der Waals surface area contributed by atoms with Crippen LogP contribution in [-0.4, -0.2) is 46.2 Å². The van der Waals surface area contributed by atoms with Gasteiger partial charge in [0.25, 0.3) is 5.91 Å². The van der Waals surface area contributed by atoms with Crippen LogP contribution >= 0.6 is 11.8 Å². The number of nitrogens with one attached hydrogen (secondary N) is 1. The van der Waals surface area contributed by atoms with E-state index in [9.17, 15) is 9.18 Å². The third kappa shape index (κ3) is 5.17. The highest BCUT2D eigenvalue weighted by molar-refractivity contribution is 7.98. The molecule has 2 heterocycles. The predicted octanol–water partition coefficient (Wildman–Crippen LogP) is 3.59. The lowest BCUT2D eigenvalue weighted by atomic mass is 10.2. The smallest absolute Gasteiger partial charge is 0.274 e. The maximum atomic E-state index is 13.5. The van der Waals surface area contributed by atoms with Gasteiger partial charge in [0, 0.05) is 25.4 Å². The Labute approximate surface area is 157 Å². The molecule has 1 fully saturated rings. The molecule has 0 radical (unpaired) electrons. The summed E-state index contributed by atoms with van der Waals surface area (Å²) in [5.41, 5.74) is 1.13. The lowest BCUT2D eigenvalue weighted by Gasteiger charge is -2.14. The Balaban J connectivity index is 1.39. The molecular weight excluding hydrogens is 351 g/mol. The number of benzene rings is 1. The van der Waals surface area contributed by atoms with Gasteiger partial charge in [-0.1, -0.05) is 18.2 Å². The fourth-order valence-corrected chi connectivity index (χ4v) is 3.77. The minimum atomic E-state index is -0.145. The van der Waals surface area contributed by atoms with Gasteiger partial charge in [0.05, 0.1) is 12.4 Å². The molecular formula is C19H23FN4OS. The van der Waals surface area contributed by atoms with E-state index in [1.807, 2.05) is 17.0 Å². The van der Waals surface area contributed by atoms with Gasteiger partial charge < -0.3 is 10.2 Å². The Morgan fingerprint density at radius 3 is 2.85 bits per heavy atom. The lowest BCUT2D eigenvalue weighted by Crippen LogP contribution is -2.28. The molecule has 5 nitrogen and oxygen atoms in total. The molecule has 1 N–H and O–H groups in total. The summed E-state index contributed by atoms with van der Waals surface area (Å²) in [5.74, 6) is 2.02. The van der Waals surface area contributed by atoms with Crippen molar-refractivity contribution in [1.82, 2.24) is 14.9 Å². The summed E-state index contributed by atoms with van der Waals surface area (Å²) in [4.78, 5) is 22.7. The van der Waals surface area contributed by atoms with Gasteiger partial charge in [0.1, 0.15) is 17.3 Å². The highest BCUT2D eigenvalue weighted by atomic mass is 32.2. The van der Waals surface area contributed by atoms with Gasteiger partial charge in [-0.05, 0) is 36.6 Å². The molecule has 0 saturated carbocycles. The van der Waals surface area contributed by atoms with Crippen molar-refractivity contribution in [3.8, 4) is 0 Å². The van der Waals surface area contributed by atoms with Gasteiger partial charge in [0.15, 0.2) is 0 Å². The van der Waals surface area contributed by atoms with Crippen LogP contribution in [0, 0.1) is 5.82 Å². The molecule has 0 bridgehead atoms. The second-order valence-electron chi connectivity index (χ2n) is 6.21. The lowest BCUT2D eigenvalue weighted by molar-refractivity contribution is 0.0786. The molecule has 0 unspecified atom stereocenters. The number of aromatic nitrogens is 2. The number of hydrogen-bond donors (Lipinski definition) is 1. The first-order chi connectivity index (χ1) is 12.7. The third-order valence-corrected chi connectivity index (χ3v) is 5.33. The molecule has 1 saturated heterocycles. The second kappa shape index (κ2) is 9.52. The fourth-order valence-electron chi connectivity index (χ4n) is 2.82. The van der Waals surface area contributed by atoms with E-state index >= 15 is 0 Å². The zero-order valence-corrected chi connectivity index (χ0v) is 15.5. The van der Waals surface area contributed by atoms with Crippen molar-refractivity contribution in [2.24, 2.45) is 0 Å². The zero-order chi connectivity index (χ0) is 18.2. The molecule has 0 spiro atoms. The van der Waals surface area contributed by atoms with Crippen molar-refractivity contribution in [1.29, 1.82) is 0 Å². The summed E-state index contributed by atoms with van der Waals surface area (Å²) >= 11 is 1.70. The number of likely N-dealkylation sites (tertiary alicyclic amines) is 1. The Morgan fingerprint density at radius 1 is 1.23 bits per heavy atom. The van der Waals surface area contributed by atoms with E-state index < -0.39 is 0 Å². The highest BCUT2D eigenvalue weighted by Gasteiger charge is 2.20. The Morgan fingerprint density at radius 2 is 2.04 bits per heavy atom. The summed E-state index contributed by atoms with van der Waals surface area (Å²) < 4.78 is 13.5. The number of nitrogens with zero attached hydrogens (tertiary/aromatic N) is 3. The largest absolute Gasteiger partial charge is 0.369 e. The first-order valence-electron chi connectivity index (χ1n) is 8.90. The average molecular weight is 374 g/mol. The minimum Gasteiger partial charge on any atom is -0.369 e. The quantitative estimate of drug-likeness (QED) is 0.716. The maximum absolute atomic E-state index is 13.5. The van der Waals surface area contributed by atoms with Gasteiger partial charge in [-0.25, -0.2) is 9.37 Å². The standard InChI is InChI=1S/C19H23FN4OS/c20-16-7-2-1-6-15(16)14-26-11-5-8-22-18-13-21-12-17(23-18)19(25)24-9-3-4-10-24/h1-2,6-7,12-13H,3-5,8-11,14H2,(H,22,23). The summed E-state index contributed by atoms with van der Waals surface area (Å²) in [7, 11) is 0. The SMILES string of the molecule is O=C(c1cncc(NCCCSCc2ccccc2F)n1)N1CCCC1. The van der Waals surface area contributed by atoms with Crippen molar-refractivity contribution in [2.45, 2.75) is 25.0 Å². The van der Waals surface area contributed by atoms with Crippen molar-refractivity contribution >= 4 is 23.5 Å². The number of thioether (sulfide) groups is 1. The summed E-state index contributed by atoms with van der Waals surface area (Å²) in [5, 5.41) is 3.21. The van der Waals surface area contributed by atoms with E-state index in [-0.39, 0.29) is 11.7 Å². The molecule has 0 atom stereocenters. The van der Waals surface area contributed by atoms with Crippen LogP contribution in [0.1, 0.15) is 35.3 Å². The van der Waals surface area contributed by atoms with Crippen LogP contribution in [0.3, 0.4) is 0 Å². The van der Waals surface area contributed by atoms with E-state index in [2.05, 4.69) is 15.3 Å². The monoisotopic (exact) mass is 374 g/mol. The zero-order valence-electron chi connectivity index (χ0n) is 14.7. The Kier molecular flexibility index (Phi) is 6.82. The Hall–Kier alpha value is -2.15. The molecule has 26 heavy (non-hydrogen) atoms. The molecule has 138 valence electrons. The van der Waals surface area contributed by atoms with Crippen molar-refractivity contribution in [3.05, 3.63) is 53.7 Å². The van der Waals surface area contributed by atoms with Crippen LogP contribution in [0.5, 0.6) is 0 Å². The van der Waals surface area contributed by atoms with Crippen molar-refractivity contribution in [2.75, 3.05) is 30.7 Å². The number of amides is 1. The third-order valence-electron chi connectivity index (χ3n) is 4.23. The normalized spacial score (nSPS) is 13.8. The van der Waals surface area contributed by atoms with Gasteiger partial charge >= 0.3 is 0 Å². The van der Waals surface area contributed by atoms with E-state index in [0.717, 1.165) is 50.2 Å². The van der Waals surface area contributed by atoms with Crippen LogP contribution < -0.4 is 5.32 Å². The van der Waals surface area contributed by atoms with Crippen LogP contribution in [0.4, 0.5) is 10.2 Å². The fraction of sp³-hybridized carbons (Fsp3) is 0.421. The van der Waals surface area contributed by atoms with Crippen LogP contribution in [0.2, 0.25) is 0 Å². The van der Waals surface area contributed by atoms with Gasteiger partial charge in [-0.2, -0.15) is 11.8 Å². The van der Waals surface area contributed by atoms with Crippen LogP contribution in [-0.2, 0) is 5.75 Å². The van der Waals surface area contributed by atoms with Crippen LogP contribution in [0.15, 0.2) is 36.7 Å². The minimum absolute atomic E-state index is 0.0425. The topological polar surface area (TPSA) is 58.1 Å². The molecule has 1 aliphatic heterocycles. The predicted molar refractivity (Wildman–Crippen MR) is 103 cm³/mol. The van der Waals surface area contributed by atoms with E-state index in [0.29, 0.717) is 17.3 Å². The van der Waals surface area contributed by atoms with Crippen LogP contribution in [0.25, 0.3) is 0 Å². The second-order valence-corrected chi connectivity index (χ2v) is 7.32. The molecule has 7 heteroatoms. The molecule has 1 amide bonds. The van der Waals surface area contributed by atoms with Crippen molar-refractivity contribution < 1.29 is 9.18 Å². The highest BCUT2D eigenvalue weighted by Crippen LogP contribution is 2.16. The van der Waals surface area contributed by atoms with Gasteiger partial charge in [0.2, 0.25) is 0 Å². The van der Waals surface area contributed by atoms with E-state index in [4.69, 9.17) is 0 Å². The molecule has 1 aromatic heterocycles. The van der Waals surface area contributed by atoms with Gasteiger partial charge in [-0.15, -0.1) is 0 Å². The summed E-state index contributed by atoms with van der Waals surface area (Å²) in [6.45, 7) is 2.34. The number of halogens is 1. The number of hydrogen-bond acceptors (Lipinski definition) is 5. The van der Waals surface area contributed by atoms with Crippen molar-refractivity contribution in [3.63, 3.8) is 0 Å². The summed E-state index contributed by atoms with van der Waals surface area (Å²) in [6.07, 6.45) is 6.19. The number of rotatable bonds is 8. The number of carbonyl (C=O) groups is 1. The average Bonchev–Trinajstić information content (AvgIpc) is 3.20. The molecule has 1 aliphatic rings. The Bertz CT molecular complexity index is 737. The van der Waals surface area contributed by atoms with Gasteiger partial charge in [-0.3, -0.25) is 9.78 Å². The van der Waals surface area contributed by atoms with E-state index in [1.54, 1.807) is 24.0 Å². The number of anilines is 1.